The molecule has 11 N–H and O–H groups in total. The number of nitrogens with one attached hydrogen (secondary N) is 2. The third kappa shape index (κ3) is 7.11. The summed E-state index contributed by atoms with van der Waals surface area (Å²) in [5, 5.41) is 10.1. The quantitative estimate of drug-likeness (QED) is 0.146. The van der Waals surface area contributed by atoms with Crippen LogP contribution in [0, 0.1) is 0 Å². The number of nitrogens with two attached hydrogens (primary N) is 3. The minimum absolute atomic E-state index is 0.352. The highest BCUT2D eigenvalue weighted by Gasteiger charge is 2.11. The van der Waals surface area contributed by atoms with Crippen molar-refractivity contribution in [3.8, 4) is 0 Å². The number of carbonyl (C=O) groups is 2. The van der Waals surface area contributed by atoms with Gasteiger partial charge in [-0.1, -0.05) is 0 Å². The molecule has 0 radical (unpaired) electrons. The van der Waals surface area contributed by atoms with E-state index in [1.165, 1.54) is 0 Å². The molecule has 9 nitrogen and oxygen atoms in total. The summed E-state index contributed by atoms with van der Waals surface area (Å²) >= 11 is 0. The molecule has 0 aromatic rings. The molecular formula is C4H14N6O3. The fraction of sp³-hybridized carbons (Fsp3) is 0.500. The van der Waals surface area contributed by atoms with E-state index in [0.717, 1.165) is 0 Å². The van der Waals surface area contributed by atoms with Gasteiger partial charge in [-0.15, -0.1) is 0 Å². The van der Waals surface area contributed by atoms with Gasteiger partial charge in [-0.05, 0) is 0 Å². The second-order valence-corrected chi connectivity index (χ2v) is 1.81. The molecule has 0 heterocycles. The lowest BCUT2D eigenvalue weighted by atomic mass is 10.2. The summed E-state index contributed by atoms with van der Waals surface area (Å²) in [4.78, 5) is 20.6. The first kappa shape index (κ1) is 14.3. The molecule has 0 aliphatic heterocycles. The Kier molecular flexibility index (Phi) is 9.70. The number of amides is 1. The number of hydrogen-bond acceptors (Lipinski definition) is 7. The lowest BCUT2D eigenvalue weighted by Crippen LogP contribution is -2.59. The minimum Gasteiger partial charge on any atom is -0.548 e. The molecule has 0 aliphatic rings. The topological polar surface area (TPSA) is 187 Å². The molecule has 1 unspecified atom stereocenters. The zero-order chi connectivity index (χ0) is 10.9. The molecule has 0 aromatic carbocycles. The number of carboxylic acids is 1. The molecule has 78 valence electrons. The normalized spacial score (nSPS) is 10.8. The van der Waals surface area contributed by atoms with E-state index in [0.29, 0.717) is 0 Å². The smallest absolute Gasteiger partial charge is 0.235 e. The predicted molar refractivity (Wildman–Crippen MR) is 40.1 cm³/mol. The van der Waals surface area contributed by atoms with Crippen LogP contribution in [0.1, 0.15) is 6.42 Å². The Balaban J connectivity index is 0. The molecule has 9 heteroatoms. The van der Waals surface area contributed by atoms with Crippen molar-refractivity contribution in [2.24, 2.45) is 17.5 Å². The molecule has 13 heavy (non-hydrogen) atoms. The SMILES string of the molecule is NNC(=O)CC(NN)C(=O)[O-].N[NH3+]. The van der Waals surface area contributed by atoms with Crippen molar-refractivity contribution in [2.75, 3.05) is 0 Å². The van der Waals surface area contributed by atoms with Gasteiger partial charge in [0.1, 0.15) is 0 Å². The van der Waals surface area contributed by atoms with Crippen LogP contribution in [0.2, 0.25) is 0 Å². The van der Waals surface area contributed by atoms with Crippen LogP contribution in [-0.4, -0.2) is 17.9 Å². The van der Waals surface area contributed by atoms with E-state index in [1.807, 2.05) is 5.43 Å². The van der Waals surface area contributed by atoms with Crippen molar-refractivity contribution >= 4 is 11.9 Å². The minimum atomic E-state index is -1.45. The summed E-state index contributed by atoms with van der Waals surface area (Å²) in [6, 6.07) is -1.21. The monoisotopic (exact) mass is 194 g/mol. The fourth-order valence-corrected chi connectivity index (χ4v) is 0.455. The van der Waals surface area contributed by atoms with E-state index >= 15 is 0 Å². The molecule has 0 rings (SSSR count). The Morgan fingerprint density at radius 1 is 1.38 bits per heavy atom. The van der Waals surface area contributed by atoms with E-state index in [4.69, 9.17) is 11.7 Å². The Labute approximate surface area is 74.3 Å². The largest absolute Gasteiger partial charge is 0.548 e. The molecule has 0 fully saturated rings. The Bertz CT molecular complexity index is 162. The maximum Gasteiger partial charge on any atom is 0.235 e. The van der Waals surface area contributed by atoms with E-state index in [1.54, 1.807) is 5.43 Å². The second-order valence-electron chi connectivity index (χ2n) is 1.81. The van der Waals surface area contributed by atoms with Crippen molar-refractivity contribution in [3.63, 3.8) is 0 Å². The molecule has 0 aliphatic carbocycles. The molecule has 1 amide bonds. The standard InChI is InChI=1S/C4H10N4O3.H4N2/c5-7-2(4(10)11)1-3(9)8-6;1-2/h2,7H,1,5-6H2,(H,8,9)(H,10,11);1-2H2. The maximum absolute atomic E-state index is 10.5. The van der Waals surface area contributed by atoms with Crippen LogP contribution in [-0.2, 0) is 9.59 Å². The molecule has 0 bridgehead atoms. The van der Waals surface area contributed by atoms with Crippen molar-refractivity contribution in [2.45, 2.75) is 12.5 Å². The van der Waals surface area contributed by atoms with E-state index in [2.05, 4.69) is 11.7 Å². The number of hydrazine groups is 2. The second kappa shape index (κ2) is 8.83. The van der Waals surface area contributed by atoms with Gasteiger partial charge in [0, 0.05) is 6.42 Å². The number of aliphatic carboxylic acids is 1. The first-order chi connectivity index (χ1) is 6.11. The highest BCUT2D eigenvalue weighted by atomic mass is 16.4. The lowest BCUT2D eigenvalue weighted by Gasteiger charge is -2.14. The van der Waals surface area contributed by atoms with E-state index < -0.39 is 17.9 Å². The van der Waals surface area contributed by atoms with Crippen LogP contribution in [0.25, 0.3) is 0 Å². The molecule has 1 atom stereocenters. The molecule has 0 aromatic heterocycles. The van der Waals surface area contributed by atoms with Crippen LogP contribution in [0.3, 0.4) is 0 Å². The first-order valence-electron chi connectivity index (χ1n) is 3.19. The molecule has 0 saturated carbocycles. The van der Waals surface area contributed by atoms with Crippen molar-refractivity contribution in [1.29, 1.82) is 0 Å². The third-order valence-electron chi connectivity index (χ3n) is 1.04. The summed E-state index contributed by atoms with van der Waals surface area (Å²) in [6.07, 6.45) is -0.352. The number of hydrogen-bond donors (Lipinski definition) is 6. The molecule has 0 spiro atoms. The number of rotatable bonds is 4. The van der Waals surface area contributed by atoms with Gasteiger partial charge < -0.3 is 9.90 Å². The van der Waals surface area contributed by atoms with Crippen LogP contribution in [0.5, 0.6) is 0 Å². The summed E-state index contributed by atoms with van der Waals surface area (Å²) in [5.41, 5.74) is 3.65. The zero-order valence-electron chi connectivity index (χ0n) is 6.95. The van der Waals surface area contributed by atoms with Gasteiger partial charge in [-0.2, -0.15) is 5.84 Å². The zero-order valence-corrected chi connectivity index (χ0v) is 6.95. The van der Waals surface area contributed by atoms with E-state index in [-0.39, 0.29) is 6.42 Å². The van der Waals surface area contributed by atoms with Gasteiger partial charge in [-0.25, -0.2) is 5.84 Å². The average Bonchev–Trinajstić information content (AvgIpc) is 2.16. The Hall–Kier alpha value is -1.26. The van der Waals surface area contributed by atoms with Crippen LogP contribution < -0.4 is 39.3 Å². The fourth-order valence-electron chi connectivity index (χ4n) is 0.455. The summed E-state index contributed by atoms with van der Waals surface area (Å²) in [6.45, 7) is 0. The number of quaternary nitrogens is 1. The highest BCUT2D eigenvalue weighted by Crippen LogP contribution is 1.86. The highest BCUT2D eigenvalue weighted by molar-refractivity contribution is 5.82. The third-order valence-corrected chi connectivity index (χ3v) is 1.04. The van der Waals surface area contributed by atoms with Gasteiger partial charge in [0.05, 0.1) is 12.0 Å². The van der Waals surface area contributed by atoms with Crippen molar-refractivity contribution in [3.05, 3.63) is 0 Å². The van der Waals surface area contributed by atoms with Crippen LogP contribution in [0.15, 0.2) is 0 Å². The average molecular weight is 194 g/mol. The summed E-state index contributed by atoms with van der Waals surface area (Å²) in [7, 11) is 0. The molecule has 0 saturated heterocycles. The van der Waals surface area contributed by atoms with Gasteiger partial charge in [0.25, 0.3) is 0 Å². The maximum atomic E-state index is 10.5. The molecular weight excluding hydrogens is 180 g/mol. The van der Waals surface area contributed by atoms with E-state index in [9.17, 15) is 14.7 Å². The number of carbonyl (C=O) groups excluding carboxylic acids is 2. The first-order valence-corrected chi connectivity index (χ1v) is 3.19. The number of carboxylic acid groups (broad SMARTS) is 1. The van der Waals surface area contributed by atoms with Gasteiger partial charge in [0.15, 0.2) is 0 Å². The predicted octanol–water partition coefficient (Wildman–Crippen LogP) is -5.95. The summed E-state index contributed by atoms with van der Waals surface area (Å²) in [5.74, 6) is 14.4. The van der Waals surface area contributed by atoms with Gasteiger partial charge in [0.2, 0.25) is 5.91 Å². The van der Waals surface area contributed by atoms with Crippen molar-refractivity contribution in [1.82, 2.24) is 10.9 Å². The Morgan fingerprint density at radius 3 is 2.08 bits per heavy atom. The van der Waals surface area contributed by atoms with Crippen LogP contribution >= 0.6 is 0 Å². The van der Waals surface area contributed by atoms with Crippen molar-refractivity contribution < 1.29 is 20.5 Å². The summed E-state index contributed by atoms with van der Waals surface area (Å²) < 4.78 is 0. The van der Waals surface area contributed by atoms with Crippen LogP contribution in [0.4, 0.5) is 0 Å². The van der Waals surface area contributed by atoms with Gasteiger partial charge >= 0.3 is 0 Å². The lowest BCUT2D eigenvalue weighted by molar-refractivity contribution is -0.379. The Morgan fingerprint density at radius 2 is 1.85 bits per heavy atom. The van der Waals surface area contributed by atoms with Gasteiger partial charge in [-0.3, -0.25) is 27.3 Å².